The van der Waals surface area contributed by atoms with Crippen LogP contribution in [0.2, 0.25) is 0 Å². The first-order valence-electron chi connectivity index (χ1n) is 10.1. The van der Waals surface area contributed by atoms with E-state index in [-0.39, 0.29) is 0 Å². The lowest BCUT2D eigenvalue weighted by Crippen LogP contribution is -2.43. The molecular weight excluding hydrogens is 276 g/mol. The van der Waals surface area contributed by atoms with Crippen LogP contribution in [0.4, 0.5) is 0 Å². The Morgan fingerprint density at radius 3 is 1.00 bits per heavy atom. The van der Waals surface area contributed by atoms with Gasteiger partial charge in [0.15, 0.2) is 0 Å². The lowest BCUT2D eigenvalue weighted by atomic mass is 9.54. The predicted molar refractivity (Wildman–Crippen MR) is 114 cm³/mol. The van der Waals surface area contributed by atoms with Gasteiger partial charge in [-0.3, -0.25) is 0 Å². The highest BCUT2D eigenvalue weighted by Crippen LogP contribution is 2.53. The molecule has 0 aromatic heterocycles. The van der Waals surface area contributed by atoms with Crippen LogP contribution in [0.3, 0.4) is 0 Å². The van der Waals surface area contributed by atoms with Crippen LogP contribution in [0, 0.1) is 27.6 Å². The van der Waals surface area contributed by atoms with Gasteiger partial charge in [0.05, 0.1) is 0 Å². The molecule has 0 rings (SSSR count). The van der Waals surface area contributed by atoms with E-state index in [0.29, 0.717) is 27.6 Å². The van der Waals surface area contributed by atoms with Gasteiger partial charge in [-0.1, -0.05) is 118 Å². The third-order valence-electron chi connectivity index (χ3n) is 5.17. The Balaban J connectivity index is -0.000000267. The standard InChI is InChI=1S/C17H36.3C2H6/c1-13(17(10,11)15(5,6)7)16(8,9)12-14(2,3)4;3*1-2/h13H,12H2,1-11H3;3*1-2H3. The van der Waals surface area contributed by atoms with Crippen LogP contribution in [-0.2, 0) is 0 Å². The van der Waals surface area contributed by atoms with Gasteiger partial charge in [-0.25, -0.2) is 0 Å². The molecule has 0 bridgehead atoms. The van der Waals surface area contributed by atoms with Gasteiger partial charge in [0, 0.05) is 0 Å². The Labute approximate surface area is 152 Å². The average Bonchev–Trinajstić information content (AvgIpc) is 2.40. The second-order valence-electron chi connectivity index (χ2n) is 9.42. The van der Waals surface area contributed by atoms with Gasteiger partial charge in [-0.05, 0) is 34.0 Å². The van der Waals surface area contributed by atoms with Gasteiger partial charge < -0.3 is 0 Å². The van der Waals surface area contributed by atoms with E-state index in [2.05, 4.69) is 76.2 Å². The molecule has 0 radical (unpaired) electrons. The van der Waals surface area contributed by atoms with E-state index in [1.165, 1.54) is 6.42 Å². The molecule has 146 valence electrons. The second-order valence-corrected chi connectivity index (χ2v) is 9.42. The monoisotopic (exact) mass is 330 g/mol. The molecule has 0 aromatic rings. The molecule has 0 nitrogen and oxygen atoms in total. The minimum atomic E-state index is 0.349. The number of rotatable bonds is 3. The molecule has 0 aromatic carbocycles. The smallest absolute Gasteiger partial charge is 0.0275 e. The Hall–Kier alpha value is 0. The lowest BCUT2D eigenvalue weighted by Gasteiger charge is -2.51. The molecule has 1 unspecified atom stereocenters. The topological polar surface area (TPSA) is 0 Å². The quantitative estimate of drug-likeness (QED) is 0.483. The minimum absolute atomic E-state index is 0.349. The van der Waals surface area contributed by atoms with E-state index < -0.39 is 0 Å². The summed E-state index contributed by atoms with van der Waals surface area (Å²) >= 11 is 0. The fourth-order valence-electron chi connectivity index (χ4n) is 3.15. The van der Waals surface area contributed by atoms with E-state index in [1.54, 1.807) is 0 Å². The second kappa shape index (κ2) is 12.4. The largest absolute Gasteiger partial charge is 0.0683 e. The van der Waals surface area contributed by atoms with Crippen molar-refractivity contribution in [3.05, 3.63) is 0 Å². The van der Waals surface area contributed by atoms with Crippen LogP contribution in [-0.4, -0.2) is 0 Å². The molecule has 0 N–H and O–H groups in total. The summed E-state index contributed by atoms with van der Waals surface area (Å²) in [4.78, 5) is 0. The van der Waals surface area contributed by atoms with Crippen molar-refractivity contribution in [2.24, 2.45) is 27.6 Å². The van der Waals surface area contributed by atoms with Crippen LogP contribution in [0.15, 0.2) is 0 Å². The zero-order valence-electron chi connectivity index (χ0n) is 20.3. The predicted octanol–water partition coefficient (Wildman–Crippen LogP) is 9.24. The van der Waals surface area contributed by atoms with Crippen LogP contribution in [0.1, 0.15) is 124 Å². The maximum atomic E-state index is 2.44. The molecule has 0 heterocycles. The molecule has 0 heteroatoms. The van der Waals surface area contributed by atoms with Crippen molar-refractivity contribution in [3.8, 4) is 0 Å². The highest BCUT2D eigenvalue weighted by Gasteiger charge is 2.45. The average molecular weight is 331 g/mol. The van der Waals surface area contributed by atoms with Crippen LogP contribution in [0.5, 0.6) is 0 Å². The first-order chi connectivity index (χ1) is 10.1. The van der Waals surface area contributed by atoms with Crippen molar-refractivity contribution in [1.82, 2.24) is 0 Å². The molecule has 0 aliphatic heterocycles. The third-order valence-corrected chi connectivity index (χ3v) is 5.17. The third kappa shape index (κ3) is 12.1. The van der Waals surface area contributed by atoms with Gasteiger partial charge >= 0.3 is 0 Å². The van der Waals surface area contributed by atoms with Gasteiger partial charge in [0.2, 0.25) is 0 Å². The molecule has 0 aliphatic rings. The molecule has 0 aliphatic carbocycles. The number of hydrogen-bond acceptors (Lipinski definition) is 0. The molecule has 0 saturated heterocycles. The van der Waals surface area contributed by atoms with Crippen LogP contribution < -0.4 is 0 Å². The van der Waals surface area contributed by atoms with Crippen LogP contribution >= 0.6 is 0 Å². The zero-order chi connectivity index (χ0) is 20.3. The van der Waals surface area contributed by atoms with Crippen molar-refractivity contribution in [3.63, 3.8) is 0 Å². The maximum absolute atomic E-state index is 2.44. The summed E-state index contributed by atoms with van der Waals surface area (Å²) in [5.74, 6) is 0.703. The van der Waals surface area contributed by atoms with E-state index in [9.17, 15) is 0 Å². The molecule has 0 fully saturated rings. The van der Waals surface area contributed by atoms with Crippen molar-refractivity contribution in [2.75, 3.05) is 0 Å². The van der Waals surface area contributed by atoms with E-state index in [1.807, 2.05) is 41.5 Å². The SMILES string of the molecule is CC.CC.CC.CC(C(C)(C)CC(C)(C)C)C(C)(C)C(C)(C)C. The molecule has 0 amide bonds. The van der Waals surface area contributed by atoms with E-state index in [0.717, 1.165) is 0 Å². The summed E-state index contributed by atoms with van der Waals surface area (Å²) in [6, 6.07) is 0. The first-order valence-corrected chi connectivity index (χ1v) is 10.1. The van der Waals surface area contributed by atoms with E-state index in [4.69, 9.17) is 0 Å². The minimum Gasteiger partial charge on any atom is -0.0683 e. The summed E-state index contributed by atoms with van der Waals surface area (Å²) < 4.78 is 0. The van der Waals surface area contributed by atoms with Crippen molar-refractivity contribution >= 4 is 0 Å². The summed E-state index contributed by atoms with van der Waals surface area (Å²) in [5.41, 5.74) is 1.49. The first kappa shape index (κ1) is 30.8. The molecule has 0 spiro atoms. The van der Waals surface area contributed by atoms with Crippen molar-refractivity contribution < 1.29 is 0 Å². The lowest BCUT2D eigenvalue weighted by molar-refractivity contribution is -0.0215. The van der Waals surface area contributed by atoms with Gasteiger partial charge in [0.1, 0.15) is 0 Å². The van der Waals surface area contributed by atoms with Gasteiger partial charge in [-0.2, -0.15) is 0 Å². The molecular formula is C23H54. The fraction of sp³-hybridized carbons (Fsp3) is 1.00. The van der Waals surface area contributed by atoms with Gasteiger partial charge in [0.25, 0.3) is 0 Å². The highest BCUT2D eigenvalue weighted by atomic mass is 14.5. The Kier molecular flexibility index (Phi) is 16.6. The highest BCUT2D eigenvalue weighted by molar-refractivity contribution is 4.94. The summed E-state index contributed by atoms with van der Waals surface area (Å²) in [6.07, 6.45) is 1.28. The Morgan fingerprint density at radius 1 is 0.565 bits per heavy atom. The summed E-state index contributed by atoms with van der Waals surface area (Å²) in [6.45, 7) is 38.4. The zero-order valence-corrected chi connectivity index (χ0v) is 20.3. The molecule has 23 heavy (non-hydrogen) atoms. The van der Waals surface area contributed by atoms with Gasteiger partial charge in [-0.15, -0.1) is 0 Å². The fourth-order valence-corrected chi connectivity index (χ4v) is 3.15. The van der Waals surface area contributed by atoms with Crippen LogP contribution in [0.25, 0.3) is 0 Å². The van der Waals surface area contributed by atoms with Crippen molar-refractivity contribution in [2.45, 2.75) is 124 Å². The summed E-state index contributed by atoms with van der Waals surface area (Å²) in [5, 5.41) is 0. The molecule has 1 atom stereocenters. The normalized spacial score (nSPS) is 13.4. The maximum Gasteiger partial charge on any atom is -0.0275 e. The molecule has 0 saturated carbocycles. The Bertz CT molecular complexity index is 242. The Morgan fingerprint density at radius 2 is 0.826 bits per heavy atom. The number of hydrogen-bond donors (Lipinski definition) is 0. The van der Waals surface area contributed by atoms with E-state index >= 15 is 0 Å². The van der Waals surface area contributed by atoms with Crippen molar-refractivity contribution in [1.29, 1.82) is 0 Å². The summed E-state index contributed by atoms with van der Waals surface area (Å²) in [7, 11) is 0.